The fraction of sp³-hybridized carbons (Fsp3) is 0.308. The molecule has 3 rings (SSSR count). The third-order valence-corrected chi connectivity index (χ3v) is 3.99. The summed E-state index contributed by atoms with van der Waals surface area (Å²) in [6, 6.07) is 4.17. The highest BCUT2D eigenvalue weighted by Crippen LogP contribution is 2.29. The summed E-state index contributed by atoms with van der Waals surface area (Å²) >= 11 is 1.62. The summed E-state index contributed by atoms with van der Waals surface area (Å²) in [4.78, 5) is 10.9. The second-order valence-electron chi connectivity index (χ2n) is 4.89. The van der Waals surface area contributed by atoms with E-state index in [4.69, 9.17) is 5.84 Å². The Morgan fingerprint density at radius 1 is 1.43 bits per heavy atom. The van der Waals surface area contributed by atoms with E-state index in [1.54, 1.807) is 17.5 Å². The first kappa shape index (κ1) is 13.8. The van der Waals surface area contributed by atoms with Gasteiger partial charge in [-0.05, 0) is 26.0 Å². The van der Waals surface area contributed by atoms with E-state index in [-0.39, 0.29) is 6.04 Å². The number of anilines is 2. The van der Waals surface area contributed by atoms with Crippen molar-refractivity contribution in [2.24, 2.45) is 5.84 Å². The van der Waals surface area contributed by atoms with Crippen molar-refractivity contribution in [3.63, 3.8) is 0 Å². The lowest BCUT2D eigenvalue weighted by Crippen LogP contribution is -2.23. The van der Waals surface area contributed by atoms with Gasteiger partial charge in [0.25, 0.3) is 0 Å². The Morgan fingerprint density at radius 3 is 3.00 bits per heavy atom. The Labute approximate surface area is 126 Å². The lowest BCUT2D eigenvalue weighted by molar-refractivity contribution is 0.560. The molecule has 0 saturated heterocycles. The number of thiophene rings is 1. The second-order valence-corrected chi connectivity index (χ2v) is 6.12. The maximum absolute atomic E-state index is 5.44. The monoisotopic (exact) mass is 303 g/mol. The molecule has 0 radical (unpaired) electrons. The predicted molar refractivity (Wildman–Crippen MR) is 85.3 cm³/mol. The van der Waals surface area contributed by atoms with Gasteiger partial charge in [0.05, 0.1) is 11.9 Å². The number of fused-ring (bicyclic) bond motifs is 1. The minimum absolute atomic E-state index is 0.175. The fourth-order valence-electron chi connectivity index (χ4n) is 2.18. The summed E-state index contributed by atoms with van der Waals surface area (Å²) in [7, 11) is 0. The zero-order valence-electron chi connectivity index (χ0n) is 11.9. The number of nitrogens with two attached hydrogens (primary N) is 1. The van der Waals surface area contributed by atoms with E-state index in [2.05, 4.69) is 45.7 Å². The molecule has 3 aromatic heterocycles. The van der Waals surface area contributed by atoms with Crippen molar-refractivity contribution in [1.82, 2.24) is 19.7 Å². The molecule has 0 spiro atoms. The normalized spacial score (nSPS) is 12.5. The fourth-order valence-corrected chi connectivity index (χ4v) is 3.06. The maximum atomic E-state index is 5.44. The van der Waals surface area contributed by atoms with Crippen LogP contribution < -0.4 is 16.6 Å². The van der Waals surface area contributed by atoms with Gasteiger partial charge in [-0.15, -0.1) is 11.3 Å². The molecule has 0 saturated carbocycles. The Bertz CT molecular complexity index is 734. The third kappa shape index (κ3) is 2.96. The average molecular weight is 303 g/mol. The molecule has 0 aliphatic carbocycles. The van der Waals surface area contributed by atoms with Crippen LogP contribution in [-0.2, 0) is 6.54 Å². The molecular weight excluding hydrogens is 286 g/mol. The van der Waals surface area contributed by atoms with Gasteiger partial charge in [-0.1, -0.05) is 0 Å². The molecule has 0 amide bonds. The molecule has 8 heteroatoms. The largest absolute Gasteiger partial charge is 0.365 e. The van der Waals surface area contributed by atoms with Crippen LogP contribution in [0, 0.1) is 6.92 Å². The highest BCUT2D eigenvalue weighted by atomic mass is 32.1. The van der Waals surface area contributed by atoms with E-state index in [0.717, 1.165) is 22.6 Å². The molecule has 110 valence electrons. The molecule has 21 heavy (non-hydrogen) atoms. The smallest absolute Gasteiger partial charge is 0.240 e. The van der Waals surface area contributed by atoms with Gasteiger partial charge >= 0.3 is 0 Å². The molecule has 4 N–H and O–H groups in total. The first-order valence-electron chi connectivity index (χ1n) is 6.64. The quantitative estimate of drug-likeness (QED) is 0.493. The van der Waals surface area contributed by atoms with Crippen molar-refractivity contribution in [3.8, 4) is 0 Å². The number of hydrogen-bond acceptors (Lipinski definition) is 7. The summed E-state index contributed by atoms with van der Waals surface area (Å²) in [6.45, 7) is 4.90. The molecule has 0 aromatic carbocycles. The molecular formula is C13H17N7S. The van der Waals surface area contributed by atoms with Crippen LogP contribution in [0.1, 0.15) is 11.8 Å². The van der Waals surface area contributed by atoms with Crippen LogP contribution in [0.4, 0.5) is 11.8 Å². The minimum Gasteiger partial charge on any atom is -0.365 e. The van der Waals surface area contributed by atoms with Gasteiger partial charge in [-0.25, -0.2) is 10.8 Å². The Balaban J connectivity index is 1.88. The number of aryl methyl sites for hydroxylation is 1. The number of nitrogen functional groups attached to an aromatic ring is 1. The number of hydrogen-bond donors (Lipinski definition) is 3. The van der Waals surface area contributed by atoms with Crippen molar-refractivity contribution in [1.29, 1.82) is 0 Å². The Morgan fingerprint density at radius 2 is 2.29 bits per heavy atom. The summed E-state index contributed by atoms with van der Waals surface area (Å²) < 4.78 is 1.89. The number of rotatable bonds is 5. The van der Waals surface area contributed by atoms with Gasteiger partial charge in [0.1, 0.15) is 10.6 Å². The summed E-state index contributed by atoms with van der Waals surface area (Å²) in [5, 5.41) is 8.64. The van der Waals surface area contributed by atoms with E-state index in [1.165, 1.54) is 4.88 Å². The molecule has 0 fully saturated rings. The van der Waals surface area contributed by atoms with Crippen LogP contribution in [0.2, 0.25) is 0 Å². The van der Waals surface area contributed by atoms with Crippen molar-refractivity contribution in [2.75, 3.05) is 10.7 Å². The molecule has 1 atom stereocenters. The van der Waals surface area contributed by atoms with Crippen LogP contribution in [0.5, 0.6) is 0 Å². The van der Waals surface area contributed by atoms with Crippen LogP contribution in [0.15, 0.2) is 24.5 Å². The number of hydrazine groups is 1. The zero-order chi connectivity index (χ0) is 14.8. The van der Waals surface area contributed by atoms with E-state index < -0.39 is 0 Å². The zero-order valence-corrected chi connectivity index (χ0v) is 12.7. The van der Waals surface area contributed by atoms with E-state index in [9.17, 15) is 0 Å². The van der Waals surface area contributed by atoms with Crippen molar-refractivity contribution < 1.29 is 0 Å². The van der Waals surface area contributed by atoms with Crippen molar-refractivity contribution in [3.05, 3.63) is 29.4 Å². The van der Waals surface area contributed by atoms with Gasteiger partial charge in [0, 0.05) is 23.3 Å². The van der Waals surface area contributed by atoms with E-state index >= 15 is 0 Å². The average Bonchev–Trinajstić information content (AvgIpc) is 3.06. The summed E-state index contributed by atoms with van der Waals surface area (Å²) in [6.07, 6.45) is 3.71. The summed E-state index contributed by atoms with van der Waals surface area (Å²) in [5.41, 5.74) is 2.51. The molecule has 7 nitrogen and oxygen atoms in total. The topological polar surface area (TPSA) is 93.7 Å². The molecule has 0 aliphatic rings. The predicted octanol–water partition coefficient (Wildman–Crippen LogP) is 1.98. The maximum Gasteiger partial charge on any atom is 0.240 e. The molecule has 1 unspecified atom stereocenters. The lowest BCUT2D eigenvalue weighted by atomic mass is 10.3. The van der Waals surface area contributed by atoms with Crippen LogP contribution in [0.25, 0.3) is 10.2 Å². The van der Waals surface area contributed by atoms with Gasteiger partial charge in [-0.2, -0.15) is 10.1 Å². The van der Waals surface area contributed by atoms with Crippen LogP contribution in [-0.4, -0.2) is 25.8 Å². The van der Waals surface area contributed by atoms with E-state index in [1.807, 2.05) is 16.9 Å². The van der Waals surface area contributed by atoms with Crippen molar-refractivity contribution >= 4 is 33.3 Å². The van der Waals surface area contributed by atoms with Crippen LogP contribution >= 0.6 is 11.3 Å². The summed E-state index contributed by atoms with van der Waals surface area (Å²) in [5.74, 6) is 6.65. The highest BCUT2D eigenvalue weighted by Gasteiger charge is 2.12. The van der Waals surface area contributed by atoms with Crippen LogP contribution in [0.3, 0.4) is 0 Å². The molecule has 0 bridgehead atoms. The van der Waals surface area contributed by atoms with E-state index in [0.29, 0.717) is 5.95 Å². The molecule has 3 heterocycles. The highest BCUT2D eigenvalue weighted by molar-refractivity contribution is 7.18. The standard InChI is InChI=1S/C13H17N7S/c1-8(7-20-5-3-4-15-20)16-11-10-6-9(2)21-12(10)18-13(17-11)19-14/h3-6,8H,7,14H2,1-2H3,(H2,16,17,18,19). The Hall–Kier alpha value is -2.19. The van der Waals surface area contributed by atoms with Gasteiger partial charge in [0.2, 0.25) is 5.95 Å². The SMILES string of the molecule is Cc1cc2c(NC(C)Cn3cccn3)nc(NN)nc2s1. The molecule has 3 aromatic rings. The number of nitrogens with one attached hydrogen (secondary N) is 2. The minimum atomic E-state index is 0.175. The van der Waals surface area contributed by atoms with Gasteiger partial charge < -0.3 is 5.32 Å². The number of aromatic nitrogens is 4. The lowest BCUT2D eigenvalue weighted by Gasteiger charge is -2.15. The first-order valence-corrected chi connectivity index (χ1v) is 7.46. The molecule has 0 aliphatic heterocycles. The van der Waals surface area contributed by atoms with Gasteiger partial charge in [-0.3, -0.25) is 10.1 Å². The van der Waals surface area contributed by atoms with Gasteiger partial charge in [0.15, 0.2) is 0 Å². The van der Waals surface area contributed by atoms with Crippen molar-refractivity contribution in [2.45, 2.75) is 26.4 Å². The second kappa shape index (κ2) is 5.66. The Kier molecular flexibility index (Phi) is 3.72. The first-order chi connectivity index (χ1) is 10.2. The third-order valence-electron chi connectivity index (χ3n) is 3.05. The number of nitrogens with zero attached hydrogens (tertiary/aromatic N) is 4.